The van der Waals surface area contributed by atoms with Gasteiger partial charge in [0.1, 0.15) is 0 Å². The summed E-state index contributed by atoms with van der Waals surface area (Å²) in [5.74, 6) is -11.1. The lowest BCUT2D eigenvalue weighted by atomic mass is 10.1. The van der Waals surface area contributed by atoms with E-state index in [1.807, 2.05) is 0 Å². The Kier molecular flexibility index (Phi) is 3.57. The van der Waals surface area contributed by atoms with E-state index >= 15 is 0 Å². The second kappa shape index (κ2) is 5.21. The van der Waals surface area contributed by atoms with Crippen molar-refractivity contribution >= 4 is 40.7 Å². The first-order chi connectivity index (χ1) is 10.8. The second-order valence-corrected chi connectivity index (χ2v) is 5.34. The average molecular weight is 364 g/mol. The van der Waals surface area contributed by atoms with E-state index in [-0.39, 0.29) is 20.6 Å². The quantitative estimate of drug-likeness (QED) is 0.327. The summed E-state index contributed by atoms with van der Waals surface area (Å²) in [4.78, 5) is 24.8. The Morgan fingerprint density at radius 3 is 1.52 bits per heavy atom. The largest absolute Gasteiger partial charge is 0.269 e. The van der Waals surface area contributed by atoms with E-state index in [0.29, 0.717) is 0 Å². The molecule has 2 aromatic carbocycles. The van der Waals surface area contributed by atoms with Crippen molar-refractivity contribution in [3.05, 3.63) is 62.6 Å². The van der Waals surface area contributed by atoms with Crippen LogP contribution in [0.5, 0.6) is 0 Å². The molecule has 2 aromatic rings. The zero-order chi connectivity index (χ0) is 17.0. The van der Waals surface area contributed by atoms with Crippen molar-refractivity contribution < 1.29 is 27.2 Å². The van der Waals surface area contributed by atoms with E-state index in [0.717, 1.165) is 0 Å². The van der Waals surface area contributed by atoms with Gasteiger partial charge >= 0.3 is 0 Å². The predicted octanol–water partition coefficient (Wildman–Crippen LogP) is 4.35. The topological polar surface area (TPSA) is 37.4 Å². The summed E-state index contributed by atoms with van der Waals surface area (Å²) in [6.45, 7) is 0. The number of imide groups is 1. The number of amides is 2. The van der Waals surface area contributed by atoms with Crippen LogP contribution >= 0.6 is 23.2 Å². The van der Waals surface area contributed by atoms with Crippen molar-refractivity contribution in [1.82, 2.24) is 0 Å². The molecule has 0 unspecified atom stereocenters. The first kappa shape index (κ1) is 15.8. The summed E-state index contributed by atoms with van der Waals surface area (Å²) >= 11 is 11.7. The number of nitrogens with zero attached hydrogens (tertiary/aromatic N) is 1. The van der Waals surface area contributed by atoms with Gasteiger partial charge in [-0.3, -0.25) is 9.59 Å². The molecular formula is C14H3Cl2F4NO2. The van der Waals surface area contributed by atoms with Gasteiger partial charge in [-0.05, 0) is 12.1 Å². The normalized spacial score (nSPS) is 13.7. The van der Waals surface area contributed by atoms with Gasteiger partial charge in [0.15, 0.2) is 23.3 Å². The summed E-state index contributed by atoms with van der Waals surface area (Å²) in [6, 6.07) is 3.97. The van der Waals surface area contributed by atoms with Gasteiger partial charge in [0.05, 0.1) is 26.9 Å². The van der Waals surface area contributed by atoms with Crippen molar-refractivity contribution in [2.75, 3.05) is 4.90 Å². The minimum absolute atomic E-state index is 0.159. The van der Waals surface area contributed by atoms with E-state index in [4.69, 9.17) is 23.2 Å². The van der Waals surface area contributed by atoms with Gasteiger partial charge in [0, 0.05) is 0 Å². The molecule has 23 heavy (non-hydrogen) atoms. The molecule has 9 heteroatoms. The molecule has 2 amide bonds. The van der Waals surface area contributed by atoms with Crippen LogP contribution in [0.15, 0.2) is 18.2 Å². The lowest BCUT2D eigenvalue weighted by molar-refractivity contribution is 0.0924. The summed E-state index contributed by atoms with van der Waals surface area (Å²) in [5, 5.41) is -0.317. The van der Waals surface area contributed by atoms with Crippen LogP contribution in [0, 0.1) is 23.3 Å². The van der Waals surface area contributed by atoms with Crippen LogP contribution < -0.4 is 4.90 Å². The van der Waals surface area contributed by atoms with Crippen LogP contribution in [0.4, 0.5) is 23.2 Å². The zero-order valence-corrected chi connectivity index (χ0v) is 12.3. The highest BCUT2D eigenvalue weighted by Crippen LogP contribution is 2.40. The van der Waals surface area contributed by atoms with Crippen LogP contribution in [0.3, 0.4) is 0 Å². The smallest absolute Gasteiger partial charge is 0.268 e. The third kappa shape index (κ3) is 2.04. The highest BCUT2D eigenvalue weighted by Gasteiger charge is 2.45. The van der Waals surface area contributed by atoms with Gasteiger partial charge < -0.3 is 0 Å². The minimum Gasteiger partial charge on any atom is -0.268 e. The lowest BCUT2D eigenvalue weighted by Crippen LogP contribution is -2.30. The lowest BCUT2D eigenvalue weighted by Gasteiger charge is -2.16. The van der Waals surface area contributed by atoms with Crippen LogP contribution in [0.2, 0.25) is 10.0 Å². The number of benzene rings is 2. The van der Waals surface area contributed by atoms with Gasteiger partial charge in [-0.1, -0.05) is 29.3 Å². The Bertz CT molecular complexity index is 834. The summed E-state index contributed by atoms with van der Waals surface area (Å²) < 4.78 is 54.2. The first-order valence-electron chi connectivity index (χ1n) is 5.96. The summed E-state index contributed by atoms with van der Waals surface area (Å²) in [7, 11) is 0. The van der Waals surface area contributed by atoms with Gasteiger partial charge in [-0.25, -0.2) is 22.5 Å². The van der Waals surface area contributed by atoms with E-state index < -0.39 is 46.2 Å². The average Bonchev–Trinajstić information content (AvgIpc) is 2.75. The van der Waals surface area contributed by atoms with Gasteiger partial charge in [-0.2, -0.15) is 0 Å². The van der Waals surface area contributed by atoms with Crippen molar-refractivity contribution in [2.45, 2.75) is 0 Å². The molecule has 118 valence electrons. The maximum absolute atomic E-state index is 13.8. The van der Waals surface area contributed by atoms with Gasteiger partial charge in [0.25, 0.3) is 11.8 Å². The molecule has 1 aliphatic heterocycles. The number of para-hydroxylation sites is 1. The fourth-order valence-electron chi connectivity index (χ4n) is 2.25. The number of carbonyl (C=O) groups is 2. The standard InChI is InChI=1S/C14H3Cl2F4NO2/c15-4-2-1-3-5(16)12(4)21-13(22)6-7(14(21)23)9(18)11(20)10(19)8(6)17/h1-3H. The third-order valence-electron chi connectivity index (χ3n) is 3.26. The highest BCUT2D eigenvalue weighted by atomic mass is 35.5. The molecule has 0 aromatic heterocycles. The number of fused-ring (bicyclic) bond motifs is 1. The maximum atomic E-state index is 13.8. The molecule has 3 nitrogen and oxygen atoms in total. The number of hydrogen-bond donors (Lipinski definition) is 0. The van der Waals surface area contributed by atoms with Crippen molar-refractivity contribution in [3.63, 3.8) is 0 Å². The fourth-order valence-corrected chi connectivity index (χ4v) is 2.82. The van der Waals surface area contributed by atoms with Crippen LogP contribution in [-0.2, 0) is 0 Å². The van der Waals surface area contributed by atoms with Crippen LogP contribution in [-0.4, -0.2) is 11.8 Å². The Labute approximate surface area is 136 Å². The molecule has 1 heterocycles. The SMILES string of the molecule is O=C1c2c(F)c(F)c(F)c(F)c2C(=O)N1c1c(Cl)cccc1Cl. The van der Waals surface area contributed by atoms with Crippen LogP contribution in [0.25, 0.3) is 0 Å². The fraction of sp³-hybridized carbons (Fsp3) is 0. The summed E-state index contributed by atoms with van der Waals surface area (Å²) in [5.41, 5.74) is -2.74. The Hall–Kier alpha value is -2.12. The van der Waals surface area contributed by atoms with E-state index in [1.54, 1.807) is 0 Å². The predicted molar refractivity (Wildman–Crippen MR) is 73.9 cm³/mol. The number of halogens is 6. The maximum Gasteiger partial charge on any atom is 0.269 e. The highest BCUT2D eigenvalue weighted by molar-refractivity contribution is 6.44. The minimum atomic E-state index is -2.19. The molecule has 0 bridgehead atoms. The molecule has 3 rings (SSSR count). The molecule has 0 radical (unpaired) electrons. The molecule has 0 fully saturated rings. The Morgan fingerprint density at radius 1 is 0.739 bits per heavy atom. The zero-order valence-electron chi connectivity index (χ0n) is 10.8. The monoisotopic (exact) mass is 363 g/mol. The molecule has 1 aliphatic rings. The number of carbonyl (C=O) groups excluding carboxylic acids is 2. The first-order valence-corrected chi connectivity index (χ1v) is 6.71. The molecule has 0 atom stereocenters. The number of hydrogen-bond acceptors (Lipinski definition) is 2. The van der Waals surface area contributed by atoms with Crippen molar-refractivity contribution in [3.8, 4) is 0 Å². The van der Waals surface area contributed by atoms with Gasteiger partial charge in [-0.15, -0.1) is 0 Å². The Morgan fingerprint density at radius 2 is 1.13 bits per heavy atom. The molecule has 0 aliphatic carbocycles. The number of anilines is 1. The Balaban J connectivity index is 2.31. The van der Waals surface area contributed by atoms with E-state index in [9.17, 15) is 27.2 Å². The van der Waals surface area contributed by atoms with Gasteiger partial charge in [0.2, 0.25) is 0 Å². The van der Waals surface area contributed by atoms with E-state index in [2.05, 4.69) is 0 Å². The van der Waals surface area contributed by atoms with Crippen molar-refractivity contribution in [2.24, 2.45) is 0 Å². The third-order valence-corrected chi connectivity index (χ3v) is 3.87. The molecule has 0 saturated carbocycles. The molecular weight excluding hydrogens is 361 g/mol. The van der Waals surface area contributed by atoms with E-state index in [1.165, 1.54) is 18.2 Å². The molecule has 0 N–H and O–H groups in total. The second-order valence-electron chi connectivity index (χ2n) is 4.52. The van der Waals surface area contributed by atoms with Crippen molar-refractivity contribution in [1.29, 1.82) is 0 Å². The molecule has 0 saturated heterocycles. The summed E-state index contributed by atoms with van der Waals surface area (Å²) in [6.07, 6.45) is 0. The molecule has 0 spiro atoms. The number of rotatable bonds is 1. The van der Waals surface area contributed by atoms with Crippen LogP contribution in [0.1, 0.15) is 20.7 Å².